The van der Waals surface area contributed by atoms with Crippen molar-refractivity contribution in [2.24, 2.45) is 5.92 Å². The Hall–Kier alpha value is -1.46. The zero-order chi connectivity index (χ0) is 16.9. The minimum absolute atomic E-state index is 0.000816. The molecule has 1 amide bonds. The van der Waals surface area contributed by atoms with Crippen LogP contribution in [0.3, 0.4) is 0 Å². The highest BCUT2D eigenvalue weighted by atomic mass is 35.5. The van der Waals surface area contributed by atoms with Crippen molar-refractivity contribution in [3.8, 4) is 0 Å². The first-order chi connectivity index (χ1) is 11.7. The van der Waals surface area contributed by atoms with E-state index in [1.54, 1.807) is 24.0 Å². The monoisotopic (exact) mass is 363 g/mol. The molecule has 3 rings (SSSR count). The highest BCUT2D eigenvalue weighted by Crippen LogP contribution is 2.36. The number of aromatic amines is 1. The van der Waals surface area contributed by atoms with E-state index in [4.69, 9.17) is 11.6 Å². The van der Waals surface area contributed by atoms with Crippen molar-refractivity contribution in [1.29, 1.82) is 0 Å². The van der Waals surface area contributed by atoms with E-state index in [0.717, 1.165) is 16.9 Å². The van der Waals surface area contributed by atoms with Gasteiger partial charge in [-0.25, -0.2) is 0 Å². The van der Waals surface area contributed by atoms with Crippen LogP contribution in [-0.2, 0) is 4.79 Å². The maximum Gasteiger partial charge on any atom is 0.233 e. The van der Waals surface area contributed by atoms with Gasteiger partial charge in [0.25, 0.3) is 0 Å². The van der Waals surface area contributed by atoms with E-state index in [9.17, 15) is 4.79 Å². The van der Waals surface area contributed by atoms with Gasteiger partial charge in [0.1, 0.15) is 5.82 Å². The summed E-state index contributed by atoms with van der Waals surface area (Å²) in [4.78, 5) is 13.9. The van der Waals surface area contributed by atoms with Crippen molar-refractivity contribution >= 4 is 35.1 Å². The predicted octanol–water partition coefficient (Wildman–Crippen LogP) is 5.09. The lowest BCUT2D eigenvalue weighted by Crippen LogP contribution is -2.23. The second kappa shape index (κ2) is 8.08. The molecule has 2 aromatic rings. The number of amides is 1. The standard InChI is InChI=1S/C18H22ClN3OS/c1-24-16-7-6-13(11-15(16)19)14(10-12-4-2-3-5-12)18(23)21-17-8-9-20-22-17/h6-9,11-12,14H,2-5,10H2,1H3,(H2,20,21,22,23)/t14-/m1/s1. The van der Waals surface area contributed by atoms with E-state index in [0.29, 0.717) is 16.8 Å². The molecule has 0 bridgehead atoms. The van der Waals surface area contributed by atoms with Crippen LogP contribution in [0.1, 0.15) is 43.6 Å². The van der Waals surface area contributed by atoms with Gasteiger partial charge in [0, 0.05) is 11.0 Å². The summed E-state index contributed by atoms with van der Waals surface area (Å²) >= 11 is 7.98. The van der Waals surface area contributed by atoms with E-state index in [-0.39, 0.29) is 11.8 Å². The largest absolute Gasteiger partial charge is 0.311 e. The normalized spacial score (nSPS) is 16.2. The van der Waals surface area contributed by atoms with Gasteiger partial charge in [-0.15, -0.1) is 11.8 Å². The Kier molecular flexibility index (Phi) is 5.85. The molecule has 6 heteroatoms. The van der Waals surface area contributed by atoms with E-state index < -0.39 is 0 Å². The van der Waals surface area contributed by atoms with Crippen LogP contribution in [0.15, 0.2) is 35.4 Å². The van der Waals surface area contributed by atoms with Crippen LogP contribution in [0.4, 0.5) is 5.82 Å². The van der Waals surface area contributed by atoms with Gasteiger partial charge in [-0.1, -0.05) is 43.4 Å². The van der Waals surface area contributed by atoms with Gasteiger partial charge in [0.2, 0.25) is 5.91 Å². The highest BCUT2D eigenvalue weighted by molar-refractivity contribution is 7.98. The molecule has 1 aliphatic carbocycles. The number of hydrogen-bond donors (Lipinski definition) is 2. The van der Waals surface area contributed by atoms with Crippen LogP contribution < -0.4 is 5.32 Å². The van der Waals surface area contributed by atoms with E-state index in [1.807, 2.05) is 24.5 Å². The number of carbonyl (C=O) groups excluding carboxylic acids is 1. The van der Waals surface area contributed by atoms with Crippen molar-refractivity contribution in [2.75, 3.05) is 11.6 Å². The fourth-order valence-corrected chi connectivity index (χ4v) is 4.30. The summed E-state index contributed by atoms with van der Waals surface area (Å²) in [5.74, 6) is 1.05. The lowest BCUT2D eigenvalue weighted by atomic mass is 9.87. The Labute approximate surface area is 151 Å². The highest BCUT2D eigenvalue weighted by Gasteiger charge is 2.27. The second-order valence-corrected chi connectivity index (χ2v) is 7.55. The van der Waals surface area contributed by atoms with Gasteiger partial charge in [-0.3, -0.25) is 9.89 Å². The number of thioether (sulfide) groups is 1. The molecule has 128 valence electrons. The van der Waals surface area contributed by atoms with Gasteiger partial charge >= 0.3 is 0 Å². The fourth-order valence-electron chi connectivity index (χ4n) is 3.42. The van der Waals surface area contributed by atoms with E-state index >= 15 is 0 Å². The number of benzene rings is 1. The summed E-state index contributed by atoms with van der Waals surface area (Å²) in [5, 5.41) is 10.3. The van der Waals surface area contributed by atoms with Crippen molar-refractivity contribution in [2.45, 2.75) is 42.9 Å². The third-order valence-corrected chi connectivity index (χ3v) is 5.92. The first kappa shape index (κ1) is 17.4. The number of nitrogens with one attached hydrogen (secondary N) is 2. The van der Waals surface area contributed by atoms with Gasteiger partial charge in [0.15, 0.2) is 0 Å². The molecule has 0 spiro atoms. The summed E-state index contributed by atoms with van der Waals surface area (Å²) in [5.41, 5.74) is 0.988. The zero-order valence-corrected chi connectivity index (χ0v) is 15.3. The third kappa shape index (κ3) is 4.14. The van der Waals surface area contributed by atoms with Gasteiger partial charge in [-0.2, -0.15) is 5.10 Å². The maximum atomic E-state index is 12.9. The molecule has 24 heavy (non-hydrogen) atoms. The molecule has 1 atom stereocenters. The molecule has 1 aromatic carbocycles. The minimum atomic E-state index is -0.190. The summed E-state index contributed by atoms with van der Waals surface area (Å²) in [6.45, 7) is 0. The van der Waals surface area contributed by atoms with Gasteiger partial charge in [0.05, 0.1) is 17.1 Å². The molecule has 0 radical (unpaired) electrons. The van der Waals surface area contributed by atoms with E-state index in [1.165, 1.54) is 25.7 Å². The smallest absolute Gasteiger partial charge is 0.233 e. The predicted molar refractivity (Wildman–Crippen MR) is 99.8 cm³/mol. The number of H-pyrrole nitrogens is 1. The quantitative estimate of drug-likeness (QED) is 0.703. The summed E-state index contributed by atoms with van der Waals surface area (Å²) in [6.07, 6.45) is 9.47. The number of hydrogen-bond acceptors (Lipinski definition) is 3. The van der Waals surface area contributed by atoms with Crippen molar-refractivity contribution in [3.63, 3.8) is 0 Å². The Balaban J connectivity index is 1.82. The number of carbonyl (C=O) groups is 1. The molecule has 0 aliphatic heterocycles. The topological polar surface area (TPSA) is 57.8 Å². The Morgan fingerprint density at radius 3 is 2.83 bits per heavy atom. The first-order valence-electron chi connectivity index (χ1n) is 8.31. The number of nitrogens with zero attached hydrogens (tertiary/aromatic N) is 1. The van der Waals surface area contributed by atoms with Crippen LogP contribution in [0, 0.1) is 5.92 Å². The molecular formula is C18H22ClN3OS. The Morgan fingerprint density at radius 1 is 1.42 bits per heavy atom. The molecule has 0 unspecified atom stereocenters. The molecule has 0 saturated heterocycles. The fraction of sp³-hybridized carbons (Fsp3) is 0.444. The minimum Gasteiger partial charge on any atom is -0.311 e. The van der Waals surface area contributed by atoms with Gasteiger partial charge < -0.3 is 5.32 Å². The van der Waals surface area contributed by atoms with Crippen molar-refractivity contribution in [3.05, 3.63) is 41.0 Å². The Bertz CT molecular complexity index is 684. The number of aromatic nitrogens is 2. The molecule has 4 nitrogen and oxygen atoms in total. The molecule has 1 heterocycles. The summed E-state index contributed by atoms with van der Waals surface area (Å²) in [6, 6.07) is 7.74. The molecular weight excluding hydrogens is 342 g/mol. The second-order valence-electron chi connectivity index (χ2n) is 6.29. The van der Waals surface area contributed by atoms with Crippen molar-refractivity contribution < 1.29 is 4.79 Å². The number of anilines is 1. The Morgan fingerprint density at radius 2 is 2.21 bits per heavy atom. The molecule has 1 aromatic heterocycles. The van der Waals surface area contributed by atoms with Gasteiger partial charge in [-0.05, 0) is 36.3 Å². The molecule has 1 fully saturated rings. The van der Waals surface area contributed by atoms with Crippen LogP contribution in [0.5, 0.6) is 0 Å². The number of rotatable bonds is 6. The lowest BCUT2D eigenvalue weighted by molar-refractivity contribution is -0.118. The van der Waals surface area contributed by atoms with Crippen molar-refractivity contribution in [1.82, 2.24) is 10.2 Å². The van der Waals surface area contributed by atoms with E-state index in [2.05, 4.69) is 15.5 Å². The summed E-state index contributed by atoms with van der Waals surface area (Å²) in [7, 11) is 0. The van der Waals surface area contributed by atoms with Crippen LogP contribution in [-0.4, -0.2) is 22.4 Å². The average Bonchev–Trinajstić information content (AvgIpc) is 3.26. The van der Waals surface area contributed by atoms with Crippen LogP contribution in [0.25, 0.3) is 0 Å². The summed E-state index contributed by atoms with van der Waals surface area (Å²) < 4.78 is 0. The molecule has 2 N–H and O–H groups in total. The van der Waals surface area contributed by atoms with Crippen LogP contribution >= 0.6 is 23.4 Å². The first-order valence-corrected chi connectivity index (χ1v) is 9.91. The number of halogens is 1. The maximum absolute atomic E-state index is 12.9. The average molecular weight is 364 g/mol. The van der Waals surface area contributed by atoms with Crippen LogP contribution in [0.2, 0.25) is 5.02 Å². The molecule has 1 saturated carbocycles. The SMILES string of the molecule is CSc1ccc([C@@H](CC2CCCC2)C(=O)Nc2ccn[nH]2)cc1Cl. The lowest BCUT2D eigenvalue weighted by Gasteiger charge is -2.21. The molecule has 1 aliphatic rings. The zero-order valence-electron chi connectivity index (χ0n) is 13.7. The third-order valence-electron chi connectivity index (χ3n) is 4.70.